The zero-order valence-electron chi connectivity index (χ0n) is 10.7. The quantitative estimate of drug-likeness (QED) is 0.794. The summed E-state index contributed by atoms with van der Waals surface area (Å²) in [6.07, 6.45) is 1.86. The average Bonchev–Trinajstić information content (AvgIpc) is 2.43. The molecule has 0 aliphatic carbocycles. The average molecular weight is 394 g/mol. The van der Waals surface area contributed by atoms with E-state index in [1.165, 1.54) is 24.4 Å². The lowest BCUT2D eigenvalue weighted by molar-refractivity contribution is 0.581. The molecule has 2 rings (SSSR count). The van der Waals surface area contributed by atoms with Crippen molar-refractivity contribution in [2.75, 3.05) is 6.54 Å². The van der Waals surface area contributed by atoms with E-state index in [0.29, 0.717) is 10.9 Å². The van der Waals surface area contributed by atoms with Gasteiger partial charge in [0.2, 0.25) is 10.0 Å². The normalized spacial score (nSPS) is 11.6. The third-order valence-electron chi connectivity index (χ3n) is 2.68. The van der Waals surface area contributed by atoms with Crippen LogP contribution in [0, 0.1) is 5.82 Å². The Hall–Kier alpha value is -1.02. The largest absolute Gasteiger partial charge is 0.243 e. The fourth-order valence-electron chi connectivity index (χ4n) is 1.65. The van der Waals surface area contributed by atoms with Gasteiger partial charge in [0.25, 0.3) is 0 Å². The first-order chi connectivity index (χ1) is 9.88. The molecule has 0 saturated heterocycles. The van der Waals surface area contributed by atoms with Crippen LogP contribution in [0.1, 0.15) is 5.56 Å². The van der Waals surface area contributed by atoms with Crippen LogP contribution >= 0.6 is 27.5 Å². The Bertz CT molecular complexity index is 738. The highest BCUT2D eigenvalue weighted by Gasteiger charge is 2.18. The van der Waals surface area contributed by atoms with Crippen molar-refractivity contribution in [1.82, 2.24) is 9.71 Å². The van der Waals surface area contributed by atoms with Crippen LogP contribution in [0.15, 0.2) is 45.9 Å². The monoisotopic (exact) mass is 392 g/mol. The van der Waals surface area contributed by atoms with Crippen molar-refractivity contribution in [1.29, 1.82) is 0 Å². The lowest BCUT2D eigenvalue weighted by Gasteiger charge is -2.08. The van der Waals surface area contributed by atoms with Gasteiger partial charge in [-0.3, -0.25) is 0 Å². The topological polar surface area (TPSA) is 59.1 Å². The van der Waals surface area contributed by atoms with E-state index < -0.39 is 10.0 Å². The summed E-state index contributed by atoms with van der Waals surface area (Å²) in [5.74, 6) is -0.327. The summed E-state index contributed by atoms with van der Waals surface area (Å²) < 4.78 is 40.0. The van der Waals surface area contributed by atoms with Crippen molar-refractivity contribution >= 4 is 37.6 Å². The Kier molecular flexibility index (Phi) is 5.32. The third kappa shape index (κ3) is 4.47. The van der Waals surface area contributed by atoms with Crippen molar-refractivity contribution in [2.24, 2.45) is 0 Å². The first-order valence-corrected chi connectivity index (χ1v) is 8.59. The zero-order chi connectivity index (χ0) is 15.5. The van der Waals surface area contributed by atoms with E-state index in [1.54, 1.807) is 12.1 Å². The number of nitrogens with zero attached hydrogens (tertiary/aromatic N) is 1. The summed E-state index contributed by atoms with van der Waals surface area (Å²) in [7, 11) is -3.74. The third-order valence-corrected chi connectivity index (χ3v) is 5.00. The molecule has 0 bridgehead atoms. The van der Waals surface area contributed by atoms with E-state index in [0.717, 1.165) is 5.56 Å². The molecule has 21 heavy (non-hydrogen) atoms. The fraction of sp³-hybridized carbons (Fsp3) is 0.154. The van der Waals surface area contributed by atoms with Gasteiger partial charge in [0.05, 0.1) is 0 Å². The summed E-state index contributed by atoms with van der Waals surface area (Å²) in [5, 5.41) is -0.0903. The molecule has 0 saturated carbocycles. The van der Waals surface area contributed by atoms with E-state index in [-0.39, 0.29) is 22.4 Å². The Morgan fingerprint density at radius 2 is 1.95 bits per heavy atom. The highest BCUT2D eigenvalue weighted by Crippen LogP contribution is 2.22. The van der Waals surface area contributed by atoms with Gasteiger partial charge in [-0.25, -0.2) is 22.5 Å². The number of rotatable bonds is 5. The maximum Gasteiger partial charge on any atom is 0.243 e. The molecule has 8 heteroatoms. The van der Waals surface area contributed by atoms with Crippen LogP contribution in [0.25, 0.3) is 0 Å². The molecule has 0 atom stereocenters. The molecule has 0 amide bonds. The van der Waals surface area contributed by atoms with Gasteiger partial charge in [0.1, 0.15) is 15.9 Å². The van der Waals surface area contributed by atoms with Crippen LogP contribution in [0.4, 0.5) is 4.39 Å². The molecule has 0 radical (unpaired) electrons. The molecule has 1 heterocycles. The molecule has 1 aromatic carbocycles. The molecular formula is C13H11BrClFN2O2S. The highest BCUT2D eigenvalue weighted by molar-refractivity contribution is 9.10. The predicted molar refractivity (Wildman–Crippen MR) is 82.2 cm³/mol. The minimum atomic E-state index is -3.74. The predicted octanol–water partition coefficient (Wildman–Crippen LogP) is 3.16. The van der Waals surface area contributed by atoms with E-state index in [4.69, 9.17) is 11.6 Å². The number of nitrogens with one attached hydrogen (secondary N) is 1. The van der Waals surface area contributed by atoms with Gasteiger partial charge in [-0.05, 0) is 46.1 Å². The molecular weight excluding hydrogens is 383 g/mol. The Labute approximate surface area is 135 Å². The van der Waals surface area contributed by atoms with E-state index >= 15 is 0 Å². The molecule has 2 aromatic rings. The van der Waals surface area contributed by atoms with Crippen molar-refractivity contribution in [3.8, 4) is 0 Å². The standard InChI is InChI=1S/C13H11BrClFN2O2S/c14-10-7-12(13(15)17-8-10)21(19,20)18-6-5-9-1-3-11(16)4-2-9/h1-4,7-8,18H,5-6H2. The number of pyridine rings is 1. The Morgan fingerprint density at radius 1 is 1.29 bits per heavy atom. The molecule has 0 aliphatic rings. The minimum Gasteiger partial charge on any atom is -0.242 e. The zero-order valence-corrected chi connectivity index (χ0v) is 13.8. The lowest BCUT2D eigenvalue weighted by Crippen LogP contribution is -2.26. The number of hydrogen-bond acceptors (Lipinski definition) is 3. The summed E-state index contributed by atoms with van der Waals surface area (Å²) in [4.78, 5) is 3.69. The molecule has 0 spiro atoms. The second kappa shape index (κ2) is 6.83. The fourth-order valence-corrected chi connectivity index (χ4v) is 3.62. The van der Waals surface area contributed by atoms with Crippen molar-refractivity contribution < 1.29 is 12.8 Å². The minimum absolute atomic E-state index is 0.0855. The van der Waals surface area contributed by atoms with Crippen LogP contribution in [0.2, 0.25) is 5.15 Å². The molecule has 0 aliphatic heterocycles. The number of sulfonamides is 1. The van der Waals surface area contributed by atoms with Gasteiger partial charge in [-0.15, -0.1) is 0 Å². The van der Waals surface area contributed by atoms with Crippen molar-refractivity contribution in [3.05, 3.63) is 57.5 Å². The van der Waals surface area contributed by atoms with Crippen molar-refractivity contribution in [2.45, 2.75) is 11.3 Å². The van der Waals surface area contributed by atoms with Gasteiger partial charge in [0, 0.05) is 17.2 Å². The number of benzene rings is 1. The second-order valence-corrected chi connectivity index (χ2v) is 7.23. The van der Waals surface area contributed by atoms with Gasteiger partial charge in [0.15, 0.2) is 0 Å². The Morgan fingerprint density at radius 3 is 2.62 bits per heavy atom. The van der Waals surface area contributed by atoms with Gasteiger partial charge in [-0.2, -0.15) is 0 Å². The summed E-state index contributed by atoms with van der Waals surface area (Å²) in [6, 6.07) is 7.27. The summed E-state index contributed by atoms with van der Waals surface area (Å²) in [6.45, 7) is 0.177. The van der Waals surface area contributed by atoms with E-state index in [1.807, 2.05) is 0 Å². The lowest BCUT2D eigenvalue weighted by atomic mass is 10.1. The van der Waals surface area contributed by atoms with E-state index in [2.05, 4.69) is 25.6 Å². The first-order valence-electron chi connectivity index (χ1n) is 5.93. The van der Waals surface area contributed by atoms with Gasteiger partial charge in [-0.1, -0.05) is 23.7 Å². The van der Waals surface area contributed by atoms with Crippen LogP contribution in [0.3, 0.4) is 0 Å². The SMILES string of the molecule is O=S(=O)(NCCc1ccc(F)cc1)c1cc(Br)cnc1Cl. The molecule has 112 valence electrons. The summed E-state index contributed by atoms with van der Waals surface area (Å²) >= 11 is 8.95. The van der Waals surface area contributed by atoms with Gasteiger partial charge < -0.3 is 0 Å². The molecule has 1 aromatic heterocycles. The maximum absolute atomic E-state index is 12.8. The summed E-state index contributed by atoms with van der Waals surface area (Å²) in [5.41, 5.74) is 0.831. The van der Waals surface area contributed by atoms with Gasteiger partial charge >= 0.3 is 0 Å². The first kappa shape index (κ1) is 16.4. The second-order valence-electron chi connectivity index (χ2n) is 4.22. The number of halogens is 3. The number of aromatic nitrogens is 1. The highest BCUT2D eigenvalue weighted by atomic mass is 79.9. The van der Waals surface area contributed by atoms with Crippen LogP contribution in [-0.2, 0) is 16.4 Å². The van der Waals surface area contributed by atoms with Crippen LogP contribution in [0.5, 0.6) is 0 Å². The van der Waals surface area contributed by atoms with Crippen LogP contribution < -0.4 is 4.72 Å². The smallest absolute Gasteiger partial charge is 0.242 e. The molecule has 4 nitrogen and oxygen atoms in total. The van der Waals surface area contributed by atoms with Crippen molar-refractivity contribution in [3.63, 3.8) is 0 Å². The van der Waals surface area contributed by atoms with E-state index in [9.17, 15) is 12.8 Å². The molecule has 0 fully saturated rings. The molecule has 1 N–H and O–H groups in total. The van der Waals surface area contributed by atoms with Crippen LogP contribution in [-0.4, -0.2) is 19.9 Å². The Balaban J connectivity index is 2.04. The maximum atomic E-state index is 12.8. The molecule has 0 unspecified atom stereocenters. The number of hydrogen-bond donors (Lipinski definition) is 1.